The van der Waals surface area contributed by atoms with Crippen LogP contribution in [-0.4, -0.2) is 29.7 Å². The van der Waals surface area contributed by atoms with Crippen LogP contribution in [0.1, 0.15) is 38.9 Å². The number of anilines is 1. The Bertz CT molecular complexity index is 572. The van der Waals surface area contributed by atoms with Gasteiger partial charge in [-0.1, -0.05) is 20.8 Å². The highest BCUT2D eigenvalue weighted by Gasteiger charge is 2.33. The van der Waals surface area contributed by atoms with E-state index in [1.54, 1.807) is 4.68 Å². The molecule has 0 bridgehead atoms. The maximum atomic E-state index is 11.5. The number of hydrogen-bond acceptors (Lipinski definition) is 4. The summed E-state index contributed by atoms with van der Waals surface area (Å²) in [6, 6.07) is -0.137. The molecule has 0 aliphatic carbocycles. The normalized spacial score (nSPS) is 23.4. The predicted molar refractivity (Wildman–Crippen MR) is 75.3 cm³/mol. The summed E-state index contributed by atoms with van der Waals surface area (Å²) in [5, 5.41) is 4.51. The smallest absolute Gasteiger partial charge is 0.152 e. The van der Waals surface area contributed by atoms with E-state index >= 15 is 0 Å². The lowest BCUT2D eigenvalue weighted by Gasteiger charge is -2.15. The van der Waals surface area contributed by atoms with E-state index in [0.717, 1.165) is 10.2 Å². The molecule has 1 aliphatic heterocycles. The highest BCUT2D eigenvalue weighted by Crippen LogP contribution is 2.36. The van der Waals surface area contributed by atoms with Crippen molar-refractivity contribution >= 4 is 31.6 Å². The Hall–Kier alpha value is -0.560. The highest BCUT2D eigenvalue weighted by atomic mass is 79.9. The molecule has 1 saturated heterocycles. The molecule has 0 aromatic carbocycles. The average molecular weight is 336 g/mol. The van der Waals surface area contributed by atoms with E-state index in [1.165, 1.54) is 0 Å². The van der Waals surface area contributed by atoms with Gasteiger partial charge in [-0.25, -0.2) is 13.1 Å². The molecule has 2 heterocycles. The third kappa shape index (κ3) is 2.42. The van der Waals surface area contributed by atoms with Gasteiger partial charge in [-0.3, -0.25) is 0 Å². The largest absolute Gasteiger partial charge is 0.383 e. The first-order valence-electron chi connectivity index (χ1n) is 5.86. The van der Waals surface area contributed by atoms with Crippen molar-refractivity contribution in [3.63, 3.8) is 0 Å². The van der Waals surface area contributed by atoms with Crippen LogP contribution in [0.15, 0.2) is 4.47 Å². The second-order valence-electron chi connectivity index (χ2n) is 5.80. The number of aromatic nitrogens is 2. The Labute approximate surface area is 116 Å². The maximum absolute atomic E-state index is 11.5. The molecule has 5 nitrogen and oxygen atoms in total. The standard InChI is InChI=1S/C11H18BrN3O2S/c1-11(2,3)9-8(12)10(13)15(14-9)7-4-5-18(16,17)6-7/h7H,4-6,13H2,1-3H3. The number of rotatable bonds is 1. The number of halogens is 1. The van der Waals surface area contributed by atoms with E-state index < -0.39 is 9.84 Å². The van der Waals surface area contributed by atoms with Crippen LogP contribution < -0.4 is 5.73 Å². The van der Waals surface area contributed by atoms with Gasteiger partial charge in [0.25, 0.3) is 0 Å². The lowest BCUT2D eigenvalue weighted by Crippen LogP contribution is -2.17. The fraction of sp³-hybridized carbons (Fsp3) is 0.727. The van der Waals surface area contributed by atoms with Crippen LogP contribution in [0, 0.1) is 0 Å². The van der Waals surface area contributed by atoms with Gasteiger partial charge in [-0.15, -0.1) is 0 Å². The predicted octanol–water partition coefficient (Wildman–Crippen LogP) is 1.88. The molecular weight excluding hydrogens is 318 g/mol. The molecule has 1 aliphatic rings. The molecule has 1 aromatic heterocycles. The first-order valence-corrected chi connectivity index (χ1v) is 8.47. The van der Waals surface area contributed by atoms with Gasteiger partial charge in [0, 0.05) is 5.41 Å². The van der Waals surface area contributed by atoms with E-state index in [-0.39, 0.29) is 23.0 Å². The van der Waals surface area contributed by atoms with E-state index in [4.69, 9.17) is 5.73 Å². The van der Waals surface area contributed by atoms with Crippen molar-refractivity contribution in [3.8, 4) is 0 Å². The Balaban J connectivity index is 2.42. The molecule has 1 aromatic rings. The molecule has 0 radical (unpaired) electrons. The van der Waals surface area contributed by atoms with Crippen molar-refractivity contribution in [2.75, 3.05) is 17.2 Å². The van der Waals surface area contributed by atoms with Gasteiger partial charge in [0.15, 0.2) is 9.84 Å². The van der Waals surface area contributed by atoms with Gasteiger partial charge < -0.3 is 5.73 Å². The lowest BCUT2D eigenvalue weighted by atomic mass is 9.92. The summed E-state index contributed by atoms with van der Waals surface area (Å²) >= 11 is 3.45. The minimum Gasteiger partial charge on any atom is -0.383 e. The first kappa shape index (κ1) is 13.9. The zero-order valence-electron chi connectivity index (χ0n) is 10.8. The van der Waals surface area contributed by atoms with Crippen molar-refractivity contribution in [1.29, 1.82) is 0 Å². The van der Waals surface area contributed by atoms with Crippen LogP contribution in [0.3, 0.4) is 0 Å². The van der Waals surface area contributed by atoms with E-state index in [0.29, 0.717) is 12.2 Å². The Morgan fingerprint density at radius 2 is 2.06 bits per heavy atom. The molecule has 2 N–H and O–H groups in total. The molecule has 0 saturated carbocycles. The summed E-state index contributed by atoms with van der Waals surface area (Å²) in [6.45, 7) is 6.15. The molecule has 0 amide bonds. The fourth-order valence-electron chi connectivity index (χ4n) is 2.15. The molecule has 0 spiro atoms. The Kier molecular flexibility index (Phi) is 3.26. The number of sulfone groups is 1. The average Bonchev–Trinajstić information content (AvgIpc) is 2.69. The van der Waals surface area contributed by atoms with Gasteiger partial charge in [0.05, 0.1) is 27.7 Å². The summed E-state index contributed by atoms with van der Waals surface area (Å²) < 4.78 is 25.5. The SMILES string of the molecule is CC(C)(C)c1nn(C2CCS(=O)(=O)C2)c(N)c1Br. The van der Waals surface area contributed by atoms with Gasteiger partial charge in [0.1, 0.15) is 5.82 Å². The third-order valence-corrected chi connectivity index (χ3v) is 5.68. The van der Waals surface area contributed by atoms with Crippen molar-refractivity contribution < 1.29 is 8.42 Å². The van der Waals surface area contributed by atoms with E-state index in [1.807, 2.05) is 0 Å². The minimum absolute atomic E-state index is 0.129. The number of hydrogen-bond donors (Lipinski definition) is 1. The Morgan fingerprint density at radius 3 is 2.44 bits per heavy atom. The summed E-state index contributed by atoms with van der Waals surface area (Å²) in [6.07, 6.45) is 0.588. The second kappa shape index (κ2) is 4.23. The highest BCUT2D eigenvalue weighted by molar-refractivity contribution is 9.10. The summed E-state index contributed by atoms with van der Waals surface area (Å²) in [4.78, 5) is 0. The van der Waals surface area contributed by atoms with Crippen molar-refractivity contribution in [3.05, 3.63) is 10.2 Å². The van der Waals surface area contributed by atoms with E-state index in [2.05, 4.69) is 41.8 Å². The van der Waals surface area contributed by atoms with Gasteiger partial charge in [-0.2, -0.15) is 5.10 Å². The summed E-state index contributed by atoms with van der Waals surface area (Å²) in [5.74, 6) is 0.871. The van der Waals surface area contributed by atoms with Crippen LogP contribution in [0.4, 0.5) is 5.82 Å². The van der Waals surface area contributed by atoms with Gasteiger partial charge in [0.2, 0.25) is 0 Å². The molecule has 2 rings (SSSR count). The van der Waals surface area contributed by atoms with Crippen LogP contribution >= 0.6 is 15.9 Å². The monoisotopic (exact) mass is 335 g/mol. The fourth-order valence-corrected chi connectivity index (χ4v) is 4.70. The van der Waals surface area contributed by atoms with Crippen LogP contribution in [0.5, 0.6) is 0 Å². The minimum atomic E-state index is -2.93. The lowest BCUT2D eigenvalue weighted by molar-refractivity contribution is 0.479. The number of nitrogen functional groups attached to an aromatic ring is 1. The summed E-state index contributed by atoms with van der Waals surface area (Å²) in [5.41, 5.74) is 6.76. The van der Waals surface area contributed by atoms with Crippen molar-refractivity contribution in [1.82, 2.24) is 9.78 Å². The molecular formula is C11H18BrN3O2S. The quantitative estimate of drug-likeness (QED) is 0.849. The molecule has 1 unspecified atom stereocenters. The van der Waals surface area contributed by atoms with Crippen molar-refractivity contribution in [2.45, 2.75) is 38.6 Å². The zero-order valence-corrected chi connectivity index (χ0v) is 13.2. The van der Waals surface area contributed by atoms with Crippen LogP contribution in [0.25, 0.3) is 0 Å². The maximum Gasteiger partial charge on any atom is 0.152 e. The number of nitrogens with zero attached hydrogens (tertiary/aromatic N) is 2. The second-order valence-corrected chi connectivity index (χ2v) is 8.82. The van der Waals surface area contributed by atoms with Gasteiger partial charge >= 0.3 is 0 Å². The van der Waals surface area contributed by atoms with Gasteiger partial charge in [-0.05, 0) is 22.4 Å². The Morgan fingerprint density at radius 1 is 1.44 bits per heavy atom. The third-order valence-electron chi connectivity index (χ3n) is 3.15. The molecule has 1 atom stereocenters. The summed E-state index contributed by atoms with van der Waals surface area (Å²) in [7, 11) is -2.93. The van der Waals surface area contributed by atoms with E-state index in [9.17, 15) is 8.42 Å². The molecule has 102 valence electrons. The van der Waals surface area contributed by atoms with Crippen LogP contribution in [-0.2, 0) is 15.3 Å². The van der Waals surface area contributed by atoms with Crippen LogP contribution in [0.2, 0.25) is 0 Å². The molecule has 7 heteroatoms. The molecule has 18 heavy (non-hydrogen) atoms. The first-order chi connectivity index (χ1) is 8.12. The van der Waals surface area contributed by atoms with Crippen molar-refractivity contribution in [2.24, 2.45) is 0 Å². The zero-order chi connectivity index (χ0) is 13.7. The number of nitrogens with two attached hydrogens (primary N) is 1. The topological polar surface area (TPSA) is 78.0 Å². The molecule has 1 fully saturated rings.